The van der Waals surface area contributed by atoms with Gasteiger partial charge in [0, 0.05) is 11.3 Å². The topological polar surface area (TPSA) is 69.4 Å². The Morgan fingerprint density at radius 1 is 1.30 bits per heavy atom. The molecule has 0 heterocycles. The summed E-state index contributed by atoms with van der Waals surface area (Å²) in [6.45, 7) is 0. The average Bonchev–Trinajstić information content (AvgIpc) is 3.12. The van der Waals surface area contributed by atoms with Crippen LogP contribution in [0.2, 0.25) is 0 Å². The van der Waals surface area contributed by atoms with Crippen LogP contribution in [0.15, 0.2) is 24.3 Å². The number of hydrogen-bond acceptors (Lipinski definition) is 4. The van der Waals surface area contributed by atoms with Crippen molar-refractivity contribution >= 4 is 5.78 Å². The van der Waals surface area contributed by atoms with Crippen molar-refractivity contribution in [2.24, 2.45) is 5.41 Å². The predicted molar refractivity (Wildman–Crippen MR) is 72.4 cm³/mol. The van der Waals surface area contributed by atoms with Crippen molar-refractivity contribution in [2.45, 2.75) is 37.6 Å². The number of nitrogens with zero attached hydrogens (tertiary/aromatic N) is 1. The summed E-state index contributed by atoms with van der Waals surface area (Å²) in [6, 6.07) is 6.54. The highest BCUT2D eigenvalue weighted by Gasteiger charge is 2.77. The molecule has 2 saturated carbocycles. The Labute approximate surface area is 117 Å². The SMILES string of the molecule is COc1ccc([C@@H]2[C@@H]([N+](=O)[O-])[C@@]23CCCCC3=O)cc1. The number of ether oxygens (including phenoxy) is 1. The highest BCUT2D eigenvalue weighted by atomic mass is 16.6. The molecule has 0 saturated heterocycles. The van der Waals surface area contributed by atoms with Gasteiger partial charge in [0.05, 0.1) is 13.0 Å². The third kappa shape index (κ3) is 1.72. The highest BCUT2D eigenvalue weighted by molar-refractivity contribution is 5.91. The molecular weight excluding hydrogens is 258 g/mol. The summed E-state index contributed by atoms with van der Waals surface area (Å²) >= 11 is 0. The number of carbonyl (C=O) groups is 1. The third-order valence-corrected chi connectivity index (χ3v) is 4.75. The number of benzene rings is 1. The van der Waals surface area contributed by atoms with Crippen molar-refractivity contribution in [3.63, 3.8) is 0 Å². The van der Waals surface area contributed by atoms with E-state index in [4.69, 9.17) is 4.74 Å². The van der Waals surface area contributed by atoms with Gasteiger partial charge in [-0.3, -0.25) is 14.9 Å². The van der Waals surface area contributed by atoms with Gasteiger partial charge in [-0.2, -0.15) is 0 Å². The molecule has 1 aromatic carbocycles. The van der Waals surface area contributed by atoms with E-state index >= 15 is 0 Å². The normalized spacial score (nSPS) is 32.1. The molecule has 0 N–H and O–H groups in total. The van der Waals surface area contributed by atoms with Gasteiger partial charge in [0.1, 0.15) is 16.9 Å². The van der Waals surface area contributed by atoms with Gasteiger partial charge in [-0.1, -0.05) is 18.6 Å². The zero-order valence-corrected chi connectivity index (χ0v) is 11.4. The molecule has 5 heteroatoms. The Kier molecular flexibility index (Phi) is 3.00. The fourth-order valence-corrected chi connectivity index (χ4v) is 3.74. The lowest BCUT2D eigenvalue weighted by molar-refractivity contribution is -0.502. The van der Waals surface area contributed by atoms with E-state index < -0.39 is 11.5 Å². The molecule has 0 amide bonds. The molecule has 0 aromatic heterocycles. The molecule has 3 rings (SSSR count). The molecule has 20 heavy (non-hydrogen) atoms. The van der Waals surface area contributed by atoms with E-state index in [0.717, 1.165) is 24.2 Å². The smallest absolute Gasteiger partial charge is 0.234 e. The number of rotatable bonds is 3. The summed E-state index contributed by atoms with van der Waals surface area (Å²) < 4.78 is 5.10. The quantitative estimate of drug-likeness (QED) is 0.628. The minimum absolute atomic E-state index is 0.0752. The van der Waals surface area contributed by atoms with E-state index in [2.05, 4.69) is 0 Å². The molecular formula is C15H17NO4. The van der Waals surface area contributed by atoms with Crippen LogP contribution in [0.4, 0.5) is 0 Å². The van der Waals surface area contributed by atoms with Crippen molar-refractivity contribution in [3.8, 4) is 5.75 Å². The number of Topliss-reactive ketones (excluding diaryl/α,β-unsaturated/α-hetero) is 1. The van der Waals surface area contributed by atoms with Gasteiger partial charge < -0.3 is 4.74 Å². The van der Waals surface area contributed by atoms with Crippen molar-refractivity contribution in [2.75, 3.05) is 7.11 Å². The molecule has 1 aromatic rings. The fourth-order valence-electron chi connectivity index (χ4n) is 3.74. The Bertz CT molecular complexity index is 553. The molecule has 0 aliphatic heterocycles. The zero-order chi connectivity index (χ0) is 14.3. The Balaban J connectivity index is 1.94. The summed E-state index contributed by atoms with van der Waals surface area (Å²) in [5.74, 6) is 0.526. The van der Waals surface area contributed by atoms with Gasteiger partial charge in [0.25, 0.3) is 0 Å². The second-order valence-electron chi connectivity index (χ2n) is 5.65. The number of ketones is 1. The van der Waals surface area contributed by atoms with E-state index in [1.54, 1.807) is 19.2 Å². The Morgan fingerprint density at radius 3 is 2.55 bits per heavy atom. The molecule has 106 valence electrons. The van der Waals surface area contributed by atoms with E-state index in [9.17, 15) is 14.9 Å². The first kappa shape index (κ1) is 13.1. The van der Waals surface area contributed by atoms with Crippen LogP contribution in [-0.4, -0.2) is 23.9 Å². The van der Waals surface area contributed by atoms with Crippen LogP contribution in [0, 0.1) is 15.5 Å². The lowest BCUT2D eigenvalue weighted by Crippen LogP contribution is -2.27. The Morgan fingerprint density at radius 2 is 2.00 bits per heavy atom. The van der Waals surface area contributed by atoms with Crippen LogP contribution in [0.25, 0.3) is 0 Å². The van der Waals surface area contributed by atoms with E-state index in [-0.39, 0.29) is 16.6 Å². The molecule has 5 nitrogen and oxygen atoms in total. The largest absolute Gasteiger partial charge is 0.497 e. The summed E-state index contributed by atoms with van der Waals surface area (Å²) in [4.78, 5) is 23.3. The minimum Gasteiger partial charge on any atom is -0.497 e. The first-order chi connectivity index (χ1) is 9.61. The van der Waals surface area contributed by atoms with Crippen molar-refractivity contribution in [1.29, 1.82) is 0 Å². The zero-order valence-electron chi connectivity index (χ0n) is 11.4. The maximum atomic E-state index is 12.3. The maximum absolute atomic E-state index is 12.3. The summed E-state index contributed by atoms with van der Waals surface area (Å²) in [5.41, 5.74) is 0.138. The predicted octanol–water partition coefficient (Wildman–Crippen LogP) is 2.57. The monoisotopic (exact) mass is 275 g/mol. The van der Waals surface area contributed by atoms with Gasteiger partial charge in [-0.05, 0) is 30.5 Å². The van der Waals surface area contributed by atoms with Crippen LogP contribution in [0.3, 0.4) is 0 Å². The molecule has 2 fully saturated rings. The molecule has 2 aliphatic carbocycles. The average molecular weight is 275 g/mol. The van der Waals surface area contributed by atoms with Crippen LogP contribution in [0.5, 0.6) is 5.75 Å². The highest BCUT2D eigenvalue weighted by Crippen LogP contribution is 2.66. The molecule has 2 aliphatic rings. The van der Waals surface area contributed by atoms with Gasteiger partial charge in [0.2, 0.25) is 6.04 Å². The molecule has 0 unspecified atom stereocenters. The van der Waals surface area contributed by atoms with Gasteiger partial charge >= 0.3 is 0 Å². The number of hydrogen-bond donors (Lipinski definition) is 0. The fraction of sp³-hybridized carbons (Fsp3) is 0.533. The second kappa shape index (κ2) is 4.58. The van der Waals surface area contributed by atoms with Crippen LogP contribution in [-0.2, 0) is 4.79 Å². The maximum Gasteiger partial charge on any atom is 0.234 e. The third-order valence-electron chi connectivity index (χ3n) is 4.75. The van der Waals surface area contributed by atoms with Crippen molar-refractivity contribution in [1.82, 2.24) is 0 Å². The Hall–Kier alpha value is -1.91. The first-order valence-corrected chi connectivity index (χ1v) is 6.92. The lowest BCUT2D eigenvalue weighted by atomic mass is 9.81. The standard InChI is InChI=1S/C15H17NO4/c1-20-11-7-5-10(6-8-11)13-14(16(18)19)15(13)9-3-2-4-12(15)17/h5-8,13-14H,2-4,9H2,1H3/t13-,14-,15-/m1/s1. The van der Waals surface area contributed by atoms with Crippen LogP contribution in [0.1, 0.15) is 37.2 Å². The van der Waals surface area contributed by atoms with Crippen molar-refractivity contribution < 1.29 is 14.5 Å². The van der Waals surface area contributed by atoms with Crippen LogP contribution >= 0.6 is 0 Å². The molecule has 1 spiro atoms. The number of nitro groups is 1. The summed E-state index contributed by atoms with van der Waals surface area (Å²) in [6.07, 6.45) is 2.90. The van der Waals surface area contributed by atoms with E-state index in [1.165, 1.54) is 0 Å². The van der Waals surface area contributed by atoms with Crippen LogP contribution < -0.4 is 4.74 Å². The van der Waals surface area contributed by atoms with Gasteiger partial charge in [-0.25, -0.2) is 0 Å². The van der Waals surface area contributed by atoms with Gasteiger partial charge in [-0.15, -0.1) is 0 Å². The first-order valence-electron chi connectivity index (χ1n) is 6.92. The molecule has 0 radical (unpaired) electrons. The summed E-state index contributed by atoms with van der Waals surface area (Å²) in [5, 5.41) is 11.3. The van der Waals surface area contributed by atoms with E-state index in [1.807, 2.05) is 12.1 Å². The van der Waals surface area contributed by atoms with E-state index in [0.29, 0.717) is 12.8 Å². The lowest BCUT2D eigenvalue weighted by Gasteiger charge is -2.19. The molecule has 0 bridgehead atoms. The minimum atomic E-state index is -0.747. The number of methoxy groups -OCH3 is 1. The van der Waals surface area contributed by atoms with Crippen molar-refractivity contribution in [3.05, 3.63) is 39.9 Å². The van der Waals surface area contributed by atoms with Gasteiger partial charge in [0.15, 0.2) is 0 Å². The summed E-state index contributed by atoms with van der Waals surface area (Å²) in [7, 11) is 1.58. The number of carbonyl (C=O) groups excluding carboxylic acids is 1. The molecule has 3 atom stereocenters. The second-order valence-corrected chi connectivity index (χ2v) is 5.65.